The van der Waals surface area contributed by atoms with Crippen LogP contribution in [0.3, 0.4) is 0 Å². The second-order valence-electron chi connectivity index (χ2n) is 6.06. The Morgan fingerprint density at radius 3 is 2.58 bits per heavy atom. The number of rotatable bonds is 6. The van der Waals surface area contributed by atoms with Crippen LogP contribution in [0.15, 0.2) is 18.2 Å². The maximum absolute atomic E-state index is 5.82. The maximum Gasteiger partial charge on any atom is 0.122 e. The van der Waals surface area contributed by atoms with Gasteiger partial charge in [0.2, 0.25) is 0 Å². The van der Waals surface area contributed by atoms with E-state index in [9.17, 15) is 0 Å². The molecule has 1 aliphatic carbocycles. The fraction of sp³-hybridized carbons (Fsp3) is 0.647. The largest absolute Gasteiger partial charge is 0.496 e. The van der Waals surface area contributed by atoms with E-state index in [1.54, 1.807) is 7.11 Å². The van der Waals surface area contributed by atoms with Gasteiger partial charge in [-0.3, -0.25) is 0 Å². The molecule has 2 rings (SSSR count). The molecule has 0 saturated heterocycles. The van der Waals surface area contributed by atoms with Crippen LogP contribution in [0, 0.1) is 12.3 Å². The Morgan fingerprint density at radius 2 is 1.95 bits per heavy atom. The summed E-state index contributed by atoms with van der Waals surface area (Å²) >= 11 is 0. The van der Waals surface area contributed by atoms with E-state index in [1.165, 1.54) is 49.7 Å². The van der Waals surface area contributed by atoms with Crippen molar-refractivity contribution in [2.75, 3.05) is 13.7 Å². The van der Waals surface area contributed by atoms with Crippen LogP contribution < -0.4 is 10.5 Å². The van der Waals surface area contributed by atoms with Gasteiger partial charge >= 0.3 is 0 Å². The lowest BCUT2D eigenvalue weighted by Gasteiger charge is -2.29. The molecule has 1 fully saturated rings. The molecule has 0 aliphatic heterocycles. The van der Waals surface area contributed by atoms with Crippen molar-refractivity contribution in [1.29, 1.82) is 0 Å². The normalized spacial score (nSPS) is 17.6. The van der Waals surface area contributed by atoms with Gasteiger partial charge in [0.05, 0.1) is 7.11 Å². The van der Waals surface area contributed by atoms with Gasteiger partial charge in [-0.05, 0) is 62.6 Å². The Hall–Kier alpha value is -1.02. The van der Waals surface area contributed by atoms with Crippen molar-refractivity contribution in [3.05, 3.63) is 29.3 Å². The third kappa shape index (κ3) is 3.50. The van der Waals surface area contributed by atoms with Gasteiger partial charge < -0.3 is 10.5 Å². The van der Waals surface area contributed by atoms with Crippen LogP contribution >= 0.6 is 0 Å². The lowest BCUT2D eigenvalue weighted by Crippen LogP contribution is -2.22. The lowest BCUT2D eigenvalue weighted by atomic mass is 9.77. The van der Waals surface area contributed by atoms with Gasteiger partial charge in [0.15, 0.2) is 0 Å². The van der Waals surface area contributed by atoms with Crippen LogP contribution in [0.25, 0.3) is 0 Å². The van der Waals surface area contributed by atoms with Crippen molar-refractivity contribution in [3.8, 4) is 5.75 Å². The highest BCUT2D eigenvalue weighted by atomic mass is 16.5. The molecule has 0 radical (unpaired) electrons. The average Bonchev–Trinajstić information content (AvgIpc) is 2.86. The molecule has 2 nitrogen and oxygen atoms in total. The number of methoxy groups -OCH3 is 1. The van der Waals surface area contributed by atoms with Crippen LogP contribution in [0.5, 0.6) is 5.75 Å². The second kappa shape index (κ2) is 6.42. The Kier molecular flexibility index (Phi) is 4.87. The molecular formula is C17H27NO. The van der Waals surface area contributed by atoms with Gasteiger partial charge in [0, 0.05) is 0 Å². The fourth-order valence-electron chi connectivity index (χ4n) is 3.56. The van der Waals surface area contributed by atoms with E-state index < -0.39 is 0 Å². The predicted molar refractivity (Wildman–Crippen MR) is 80.6 cm³/mol. The zero-order valence-corrected chi connectivity index (χ0v) is 12.4. The Balaban J connectivity index is 2.06. The molecule has 1 aliphatic rings. The summed E-state index contributed by atoms with van der Waals surface area (Å²) in [5.41, 5.74) is 8.99. The second-order valence-corrected chi connectivity index (χ2v) is 6.06. The SMILES string of the molecule is COc1ccc(C)cc1CCC1(CCN)CCCC1. The molecule has 1 aromatic carbocycles. The average molecular weight is 261 g/mol. The number of benzene rings is 1. The number of ether oxygens (including phenoxy) is 1. The highest BCUT2D eigenvalue weighted by Crippen LogP contribution is 2.44. The summed E-state index contributed by atoms with van der Waals surface area (Å²) in [7, 11) is 1.76. The Bertz CT molecular complexity index is 408. The van der Waals surface area contributed by atoms with E-state index in [0.717, 1.165) is 18.7 Å². The molecule has 1 aromatic rings. The lowest BCUT2D eigenvalue weighted by molar-refractivity contribution is 0.252. The van der Waals surface area contributed by atoms with Crippen molar-refractivity contribution in [1.82, 2.24) is 0 Å². The molecule has 1 saturated carbocycles. The van der Waals surface area contributed by atoms with Crippen LogP contribution in [-0.4, -0.2) is 13.7 Å². The maximum atomic E-state index is 5.82. The number of hydrogen-bond acceptors (Lipinski definition) is 2. The molecule has 0 bridgehead atoms. The number of aryl methyl sites for hydroxylation is 2. The topological polar surface area (TPSA) is 35.2 Å². The molecular weight excluding hydrogens is 234 g/mol. The first-order valence-corrected chi connectivity index (χ1v) is 7.53. The number of hydrogen-bond donors (Lipinski definition) is 1. The zero-order chi connectivity index (χ0) is 13.7. The van der Waals surface area contributed by atoms with Crippen LogP contribution in [0.2, 0.25) is 0 Å². The monoisotopic (exact) mass is 261 g/mol. The van der Waals surface area contributed by atoms with E-state index >= 15 is 0 Å². The predicted octanol–water partition coefficient (Wildman–Crippen LogP) is 3.85. The van der Waals surface area contributed by atoms with E-state index in [4.69, 9.17) is 10.5 Å². The molecule has 0 heterocycles. The minimum absolute atomic E-state index is 0.503. The van der Waals surface area contributed by atoms with E-state index in [2.05, 4.69) is 25.1 Å². The number of nitrogens with two attached hydrogens (primary N) is 1. The molecule has 0 unspecified atom stereocenters. The van der Waals surface area contributed by atoms with Crippen molar-refractivity contribution in [3.63, 3.8) is 0 Å². The molecule has 0 spiro atoms. The fourth-order valence-corrected chi connectivity index (χ4v) is 3.56. The molecule has 106 valence electrons. The van der Waals surface area contributed by atoms with Crippen LogP contribution in [-0.2, 0) is 6.42 Å². The summed E-state index contributed by atoms with van der Waals surface area (Å²) in [5, 5.41) is 0. The highest BCUT2D eigenvalue weighted by molar-refractivity contribution is 5.37. The summed E-state index contributed by atoms with van der Waals surface area (Å²) in [4.78, 5) is 0. The summed E-state index contributed by atoms with van der Waals surface area (Å²) in [6.45, 7) is 2.97. The van der Waals surface area contributed by atoms with Gasteiger partial charge in [0.25, 0.3) is 0 Å². The summed E-state index contributed by atoms with van der Waals surface area (Å²) in [6, 6.07) is 6.48. The van der Waals surface area contributed by atoms with Gasteiger partial charge in [-0.2, -0.15) is 0 Å². The van der Waals surface area contributed by atoms with Crippen molar-refractivity contribution in [2.45, 2.75) is 51.9 Å². The third-order valence-corrected chi connectivity index (χ3v) is 4.70. The zero-order valence-electron chi connectivity index (χ0n) is 12.4. The van der Waals surface area contributed by atoms with Gasteiger partial charge in [-0.1, -0.05) is 30.5 Å². The molecule has 0 amide bonds. The first-order valence-electron chi connectivity index (χ1n) is 7.53. The molecule has 19 heavy (non-hydrogen) atoms. The summed E-state index contributed by atoms with van der Waals surface area (Å²) < 4.78 is 5.48. The smallest absolute Gasteiger partial charge is 0.122 e. The highest BCUT2D eigenvalue weighted by Gasteiger charge is 2.32. The Morgan fingerprint density at radius 1 is 1.21 bits per heavy atom. The van der Waals surface area contributed by atoms with Crippen molar-refractivity contribution in [2.24, 2.45) is 11.1 Å². The molecule has 0 atom stereocenters. The molecule has 0 aromatic heterocycles. The molecule has 2 N–H and O–H groups in total. The molecule has 2 heteroatoms. The van der Waals surface area contributed by atoms with E-state index in [1.807, 2.05) is 0 Å². The Labute approximate surface area is 117 Å². The van der Waals surface area contributed by atoms with E-state index in [-0.39, 0.29) is 0 Å². The van der Waals surface area contributed by atoms with Gasteiger partial charge in [-0.25, -0.2) is 0 Å². The third-order valence-electron chi connectivity index (χ3n) is 4.70. The first kappa shape index (κ1) is 14.4. The summed E-state index contributed by atoms with van der Waals surface area (Å²) in [5.74, 6) is 1.03. The van der Waals surface area contributed by atoms with Crippen molar-refractivity contribution >= 4 is 0 Å². The standard InChI is InChI=1S/C17H27NO/c1-14-5-6-16(19-2)15(13-14)7-10-17(11-12-18)8-3-4-9-17/h5-6,13H,3-4,7-12,18H2,1-2H3. The van der Waals surface area contributed by atoms with Crippen molar-refractivity contribution < 1.29 is 4.74 Å². The van der Waals surface area contributed by atoms with Crippen LogP contribution in [0.1, 0.15) is 49.7 Å². The van der Waals surface area contributed by atoms with Gasteiger partial charge in [-0.15, -0.1) is 0 Å². The first-order chi connectivity index (χ1) is 9.19. The van der Waals surface area contributed by atoms with Gasteiger partial charge in [0.1, 0.15) is 5.75 Å². The van der Waals surface area contributed by atoms with E-state index in [0.29, 0.717) is 5.41 Å². The minimum Gasteiger partial charge on any atom is -0.496 e. The summed E-state index contributed by atoms with van der Waals surface area (Å²) in [6.07, 6.45) is 9.03. The van der Waals surface area contributed by atoms with Crippen LogP contribution in [0.4, 0.5) is 0 Å². The quantitative estimate of drug-likeness (QED) is 0.844. The minimum atomic E-state index is 0.503.